The molecule has 0 aliphatic carbocycles. The Balaban J connectivity index is 3.01. The van der Waals surface area contributed by atoms with Gasteiger partial charge in [0, 0.05) is 12.6 Å². The standard InChI is InChI=1S/C12H15F2N3O3/c1-7(6-16(2)3)15-12(18)9-4-8(13)5-10(11(9)14)17(19)20/h4-5,7H,6H2,1-3H3,(H,15,18). The SMILES string of the molecule is CC(CN(C)C)NC(=O)c1cc(F)cc([N+](=O)[O-])c1F. The number of amides is 1. The largest absolute Gasteiger partial charge is 0.348 e. The molecular formula is C12H15F2N3O3. The molecule has 1 unspecified atom stereocenters. The zero-order valence-corrected chi connectivity index (χ0v) is 11.3. The predicted molar refractivity (Wildman–Crippen MR) is 68.5 cm³/mol. The lowest BCUT2D eigenvalue weighted by atomic mass is 10.1. The van der Waals surface area contributed by atoms with E-state index >= 15 is 0 Å². The molecule has 1 atom stereocenters. The minimum Gasteiger partial charge on any atom is -0.348 e. The second kappa shape index (κ2) is 6.38. The third-order valence-electron chi connectivity index (χ3n) is 2.48. The minimum absolute atomic E-state index is 0.320. The van der Waals surface area contributed by atoms with Crippen molar-refractivity contribution in [2.24, 2.45) is 0 Å². The molecule has 0 heterocycles. The predicted octanol–water partition coefficient (Wildman–Crippen LogP) is 1.55. The summed E-state index contributed by atoms with van der Waals surface area (Å²) in [7, 11) is 3.58. The van der Waals surface area contributed by atoms with E-state index in [2.05, 4.69) is 5.32 Å². The van der Waals surface area contributed by atoms with Crippen LogP contribution in [-0.4, -0.2) is 42.4 Å². The Kier molecular flexibility index (Phi) is 5.09. The van der Waals surface area contributed by atoms with Crippen molar-refractivity contribution >= 4 is 11.6 Å². The van der Waals surface area contributed by atoms with Gasteiger partial charge < -0.3 is 10.2 Å². The van der Waals surface area contributed by atoms with Crippen molar-refractivity contribution in [3.8, 4) is 0 Å². The summed E-state index contributed by atoms with van der Waals surface area (Å²) in [5.41, 5.74) is -1.74. The smallest absolute Gasteiger partial charge is 0.308 e. The van der Waals surface area contributed by atoms with Gasteiger partial charge in [0.05, 0.1) is 16.6 Å². The maximum absolute atomic E-state index is 13.8. The maximum atomic E-state index is 13.8. The molecule has 0 fully saturated rings. The van der Waals surface area contributed by atoms with Crippen molar-refractivity contribution in [2.45, 2.75) is 13.0 Å². The lowest BCUT2D eigenvalue weighted by molar-refractivity contribution is -0.387. The van der Waals surface area contributed by atoms with Gasteiger partial charge in [-0.05, 0) is 27.1 Å². The summed E-state index contributed by atoms with van der Waals surface area (Å²) in [6, 6.07) is 0.759. The number of nitro groups is 1. The molecule has 1 aromatic carbocycles. The highest BCUT2D eigenvalue weighted by Crippen LogP contribution is 2.22. The van der Waals surface area contributed by atoms with Crippen LogP contribution in [0, 0.1) is 21.7 Å². The fourth-order valence-electron chi connectivity index (χ4n) is 1.77. The molecule has 0 aliphatic rings. The zero-order chi connectivity index (χ0) is 15.4. The van der Waals surface area contributed by atoms with Crippen molar-refractivity contribution in [3.05, 3.63) is 39.4 Å². The van der Waals surface area contributed by atoms with Crippen LogP contribution in [0.1, 0.15) is 17.3 Å². The first-order valence-corrected chi connectivity index (χ1v) is 5.81. The normalized spacial score (nSPS) is 12.3. The summed E-state index contributed by atoms with van der Waals surface area (Å²) in [5, 5.41) is 13.0. The Labute approximate surface area is 114 Å². The monoisotopic (exact) mass is 287 g/mol. The second-order valence-electron chi connectivity index (χ2n) is 4.68. The number of carbonyl (C=O) groups excluding carboxylic acids is 1. The molecule has 8 heteroatoms. The van der Waals surface area contributed by atoms with E-state index in [9.17, 15) is 23.7 Å². The highest BCUT2D eigenvalue weighted by Gasteiger charge is 2.24. The summed E-state index contributed by atoms with van der Waals surface area (Å²) in [6.07, 6.45) is 0. The Morgan fingerprint density at radius 2 is 2.05 bits per heavy atom. The summed E-state index contributed by atoms with van der Waals surface area (Å²) in [6.45, 7) is 2.17. The number of likely N-dealkylation sites (N-methyl/N-ethyl adjacent to an activating group) is 1. The van der Waals surface area contributed by atoms with Crippen LogP contribution >= 0.6 is 0 Å². The van der Waals surface area contributed by atoms with Crippen LogP contribution < -0.4 is 5.32 Å². The van der Waals surface area contributed by atoms with Crippen LogP contribution in [-0.2, 0) is 0 Å². The summed E-state index contributed by atoms with van der Waals surface area (Å²) in [4.78, 5) is 23.1. The van der Waals surface area contributed by atoms with E-state index < -0.39 is 33.7 Å². The average Bonchev–Trinajstić information content (AvgIpc) is 2.29. The Morgan fingerprint density at radius 1 is 1.45 bits per heavy atom. The Hall–Kier alpha value is -2.09. The number of nitrogens with one attached hydrogen (secondary N) is 1. The van der Waals surface area contributed by atoms with Crippen LogP contribution in [0.5, 0.6) is 0 Å². The first-order chi connectivity index (χ1) is 9.22. The molecule has 1 amide bonds. The molecule has 6 nitrogen and oxygen atoms in total. The highest BCUT2D eigenvalue weighted by atomic mass is 19.1. The number of benzene rings is 1. The molecule has 0 spiro atoms. The van der Waals surface area contributed by atoms with E-state index in [0.717, 1.165) is 0 Å². The quantitative estimate of drug-likeness (QED) is 0.658. The number of hydrogen-bond donors (Lipinski definition) is 1. The van der Waals surface area contributed by atoms with E-state index in [-0.39, 0.29) is 6.04 Å². The number of nitro benzene ring substituents is 1. The van der Waals surface area contributed by atoms with Crippen molar-refractivity contribution in [1.82, 2.24) is 10.2 Å². The van der Waals surface area contributed by atoms with Crippen LogP contribution in [0.4, 0.5) is 14.5 Å². The number of rotatable bonds is 5. The van der Waals surface area contributed by atoms with E-state index in [1.807, 2.05) is 0 Å². The third kappa shape index (κ3) is 3.95. The average molecular weight is 287 g/mol. The fraction of sp³-hybridized carbons (Fsp3) is 0.417. The molecule has 0 saturated carbocycles. The summed E-state index contributed by atoms with van der Waals surface area (Å²) in [5.74, 6) is -3.27. The minimum atomic E-state index is -1.34. The van der Waals surface area contributed by atoms with Gasteiger partial charge in [-0.25, -0.2) is 4.39 Å². The lowest BCUT2D eigenvalue weighted by Crippen LogP contribution is -2.39. The second-order valence-corrected chi connectivity index (χ2v) is 4.68. The van der Waals surface area contributed by atoms with Gasteiger partial charge in [-0.1, -0.05) is 0 Å². The molecular weight excluding hydrogens is 272 g/mol. The number of halogens is 2. The van der Waals surface area contributed by atoms with Gasteiger partial charge in [-0.3, -0.25) is 14.9 Å². The number of nitrogens with zero attached hydrogens (tertiary/aromatic N) is 2. The van der Waals surface area contributed by atoms with Crippen LogP contribution in [0.2, 0.25) is 0 Å². The molecule has 110 valence electrons. The molecule has 0 saturated heterocycles. The van der Waals surface area contributed by atoms with Gasteiger partial charge >= 0.3 is 5.69 Å². The molecule has 0 aromatic heterocycles. The van der Waals surface area contributed by atoms with Gasteiger partial charge in [-0.15, -0.1) is 0 Å². The molecule has 1 N–H and O–H groups in total. The molecule has 0 bridgehead atoms. The van der Waals surface area contributed by atoms with E-state index in [1.165, 1.54) is 0 Å². The Bertz CT molecular complexity index is 535. The topological polar surface area (TPSA) is 75.5 Å². The lowest BCUT2D eigenvalue weighted by Gasteiger charge is -2.18. The molecule has 20 heavy (non-hydrogen) atoms. The van der Waals surface area contributed by atoms with Crippen LogP contribution in [0.25, 0.3) is 0 Å². The first kappa shape index (κ1) is 16.0. The first-order valence-electron chi connectivity index (χ1n) is 5.81. The molecule has 1 rings (SSSR count). The molecule has 1 aromatic rings. The van der Waals surface area contributed by atoms with Gasteiger partial charge in [-0.2, -0.15) is 4.39 Å². The van der Waals surface area contributed by atoms with Crippen molar-refractivity contribution in [1.29, 1.82) is 0 Å². The highest BCUT2D eigenvalue weighted by molar-refractivity contribution is 5.95. The maximum Gasteiger partial charge on any atom is 0.308 e. The van der Waals surface area contributed by atoms with Crippen molar-refractivity contribution in [2.75, 3.05) is 20.6 Å². The van der Waals surface area contributed by atoms with Crippen LogP contribution in [0.15, 0.2) is 12.1 Å². The fourth-order valence-corrected chi connectivity index (χ4v) is 1.77. The number of carbonyl (C=O) groups is 1. The van der Waals surface area contributed by atoms with Gasteiger partial charge in [0.1, 0.15) is 5.82 Å². The zero-order valence-electron chi connectivity index (χ0n) is 11.3. The van der Waals surface area contributed by atoms with Gasteiger partial charge in [0.25, 0.3) is 5.91 Å². The van der Waals surface area contributed by atoms with Crippen molar-refractivity contribution in [3.63, 3.8) is 0 Å². The van der Waals surface area contributed by atoms with E-state index in [1.54, 1.807) is 25.9 Å². The van der Waals surface area contributed by atoms with Crippen LogP contribution in [0.3, 0.4) is 0 Å². The van der Waals surface area contributed by atoms with E-state index in [0.29, 0.717) is 18.7 Å². The van der Waals surface area contributed by atoms with Gasteiger partial charge in [0.2, 0.25) is 5.82 Å². The number of hydrogen-bond acceptors (Lipinski definition) is 4. The molecule has 0 aliphatic heterocycles. The summed E-state index contributed by atoms with van der Waals surface area (Å²) < 4.78 is 27.0. The third-order valence-corrected chi connectivity index (χ3v) is 2.48. The van der Waals surface area contributed by atoms with Gasteiger partial charge in [0.15, 0.2) is 0 Å². The van der Waals surface area contributed by atoms with E-state index in [4.69, 9.17) is 0 Å². The summed E-state index contributed by atoms with van der Waals surface area (Å²) >= 11 is 0. The Morgan fingerprint density at radius 3 is 2.55 bits per heavy atom. The van der Waals surface area contributed by atoms with Crippen molar-refractivity contribution < 1.29 is 18.5 Å². The molecule has 0 radical (unpaired) electrons.